The number of para-hydroxylation sites is 1. The van der Waals surface area contributed by atoms with Crippen LogP contribution in [0.4, 0.5) is 10.5 Å². The predicted octanol–water partition coefficient (Wildman–Crippen LogP) is 2.29. The van der Waals surface area contributed by atoms with Gasteiger partial charge in [-0.15, -0.1) is 5.10 Å². The molecule has 0 aliphatic carbocycles. The van der Waals surface area contributed by atoms with E-state index in [9.17, 15) is 19.2 Å². The second kappa shape index (κ2) is 7.36. The van der Waals surface area contributed by atoms with E-state index in [1.54, 1.807) is 36.4 Å². The van der Waals surface area contributed by atoms with Gasteiger partial charge in [-0.05, 0) is 36.0 Å². The summed E-state index contributed by atoms with van der Waals surface area (Å²) >= 11 is 0.812. The fourth-order valence-corrected chi connectivity index (χ4v) is 4.13. The Hall–Kier alpha value is -3.99. The maximum Gasteiger partial charge on any atom is 0.299 e. The third kappa shape index (κ3) is 3.34. The van der Waals surface area contributed by atoms with Crippen LogP contribution in [-0.4, -0.2) is 42.7 Å². The van der Waals surface area contributed by atoms with Crippen molar-refractivity contribution in [3.05, 3.63) is 70.8 Å². The number of rotatable bonds is 5. The van der Waals surface area contributed by atoms with Gasteiger partial charge in [-0.2, -0.15) is 0 Å². The average Bonchev–Trinajstić information content (AvgIpc) is 3.53. The normalized spacial score (nSPS) is 17.4. The number of hydrogen-bond donors (Lipinski definition) is 0. The third-order valence-electron chi connectivity index (χ3n) is 4.76. The van der Waals surface area contributed by atoms with Crippen LogP contribution in [0.3, 0.4) is 0 Å². The van der Waals surface area contributed by atoms with Gasteiger partial charge in [0.25, 0.3) is 22.8 Å². The van der Waals surface area contributed by atoms with Gasteiger partial charge in [0, 0.05) is 6.08 Å². The van der Waals surface area contributed by atoms with Gasteiger partial charge in [-0.3, -0.25) is 24.1 Å². The monoisotopic (exact) mass is 435 g/mol. The number of anilines is 1. The van der Waals surface area contributed by atoms with E-state index in [0.29, 0.717) is 22.7 Å². The van der Waals surface area contributed by atoms with Crippen LogP contribution in [-0.2, 0) is 22.8 Å². The van der Waals surface area contributed by atoms with Gasteiger partial charge < -0.3 is 4.42 Å². The summed E-state index contributed by atoms with van der Waals surface area (Å²) in [6, 6.07) is 10.1. The molecule has 31 heavy (non-hydrogen) atoms. The van der Waals surface area contributed by atoms with Crippen LogP contribution < -0.4 is 4.90 Å². The van der Waals surface area contributed by atoms with Crippen LogP contribution in [0.2, 0.25) is 0 Å². The van der Waals surface area contributed by atoms with Crippen LogP contribution in [0.15, 0.2) is 58.2 Å². The van der Waals surface area contributed by atoms with E-state index in [-0.39, 0.29) is 18.1 Å². The highest BCUT2D eigenvalue weighted by Crippen LogP contribution is 2.33. The van der Waals surface area contributed by atoms with E-state index in [4.69, 9.17) is 4.42 Å². The van der Waals surface area contributed by atoms with Crippen molar-refractivity contribution in [3.8, 4) is 0 Å². The largest absolute Gasteiger partial charge is 0.465 e. The summed E-state index contributed by atoms with van der Waals surface area (Å²) in [5, 5.41) is 7.51. The van der Waals surface area contributed by atoms with E-state index in [0.717, 1.165) is 16.7 Å². The molecule has 2 aliphatic rings. The SMILES string of the molecule is O=C1C(=O)N(Cc2cn(CN3C(=O)S/C(=C\c4ccco4)C3=O)nn2)c2ccccc21. The minimum absolute atomic E-state index is 0.0435. The predicted molar refractivity (Wildman–Crippen MR) is 109 cm³/mol. The summed E-state index contributed by atoms with van der Waals surface area (Å²) in [4.78, 5) is 51.9. The molecule has 0 radical (unpaired) electrons. The number of furan rings is 1. The van der Waals surface area contributed by atoms with Gasteiger partial charge in [-0.25, -0.2) is 9.58 Å². The van der Waals surface area contributed by atoms with Crippen molar-refractivity contribution in [1.82, 2.24) is 19.9 Å². The Bertz CT molecular complexity index is 1260. The number of fused-ring (bicyclic) bond motifs is 1. The minimum Gasteiger partial charge on any atom is -0.465 e. The van der Waals surface area contributed by atoms with Crippen molar-refractivity contribution < 1.29 is 23.6 Å². The molecule has 11 heteroatoms. The van der Waals surface area contributed by atoms with Crippen molar-refractivity contribution >= 4 is 46.4 Å². The highest BCUT2D eigenvalue weighted by molar-refractivity contribution is 8.18. The van der Waals surface area contributed by atoms with Gasteiger partial charge >= 0.3 is 0 Å². The zero-order chi connectivity index (χ0) is 21.5. The van der Waals surface area contributed by atoms with E-state index >= 15 is 0 Å². The molecule has 4 heterocycles. The fourth-order valence-electron chi connectivity index (χ4n) is 3.32. The Morgan fingerprint density at radius 2 is 1.84 bits per heavy atom. The highest BCUT2D eigenvalue weighted by atomic mass is 32.2. The first-order chi connectivity index (χ1) is 15.0. The molecule has 0 unspecified atom stereocenters. The lowest BCUT2D eigenvalue weighted by molar-refractivity contribution is -0.124. The van der Waals surface area contributed by atoms with E-state index in [1.807, 2.05) is 0 Å². The number of thioether (sulfide) groups is 1. The quantitative estimate of drug-likeness (QED) is 0.442. The second-order valence-electron chi connectivity index (χ2n) is 6.75. The molecule has 3 aromatic rings. The summed E-state index contributed by atoms with van der Waals surface area (Å²) in [5.74, 6) is -1.19. The maximum atomic E-state index is 12.6. The standard InChI is InChI=1S/C20H13N5O5S/c26-17-14-5-1-2-6-15(14)24(19(17)28)10-12-9-23(22-21-12)11-25-18(27)16(31-20(25)29)8-13-4-3-7-30-13/h1-9H,10-11H2/b16-8-. The zero-order valence-electron chi connectivity index (χ0n) is 15.8. The third-order valence-corrected chi connectivity index (χ3v) is 5.67. The summed E-state index contributed by atoms with van der Waals surface area (Å²) < 4.78 is 6.51. The molecule has 0 N–H and O–H groups in total. The number of carbonyl (C=O) groups excluding carboxylic acids is 4. The van der Waals surface area contributed by atoms with Gasteiger partial charge in [0.2, 0.25) is 0 Å². The Balaban J connectivity index is 1.31. The Morgan fingerprint density at radius 1 is 1.00 bits per heavy atom. The molecule has 1 saturated heterocycles. The number of aromatic nitrogens is 3. The summed E-state index contributed by atoms with van der Waals surface area (Å²) in [6.07, 6.45) is 4.51. The summed E-state index contributed by atoms with van der Waals surface area (Å²) in [6.45, 7) is -0.0848. The smallest absolute Gasteiger partial charge is 0.299 e. The first-order valence-corrected chi connectivity index (χ1v) is 9.96. The van der Waals surface area contributed by atoms with Gasteiger partial charge in [0.1, 0.15) is 18.1 Å². The maximum absolute atomic E-state index is 12.6. The number of carbonyl (C=O) groups is 4. The molecule has 10 nitrogen and oxygen atoms in total. The van der Waals surface area contributed by atoms with E-state index < -0.39 is 22.8 Å². The molecule has 0 atom stereocenters. The van der Waals surface area contributed by atoms with Crippen LogP contribution in [0.5, 0.6) is 0 Å². The second-order valence-corrected chi connectivity index (χ2v) is 7.75. The van der Waals surface area contributed by atoms with Gasteiger partial charge in [0.05, 0.1) is 35.2 Å². The van der Waals surface area contributed by atoms with Crippen molar-refractivity contribution in [3.63, 3.8) is 0 Å². The molecule has 3 amide bonds. The molecule has 0 saturated carbocycles. The lowest BCUT2D eigenvalue weighted by Crippen LogP contribution is -2.31. The lowest BCUT2D eigenvalue weighted by Gasteiger charge is -2.14. The zero-order valence-corrected chi connectivity index (χ0v) is 16.6. The van der Waals surface area contributed by atoms with E-state index in [1.165, 1.54) is 28.1 Å². The number of Topliss-reactive ketones (excluding diaryl/α,β-unsaturated/α-hetero) is 1. The molecule has 0 spiro atoms. The first kappa shape index (κ1) is 19.0. The minimum atomic E-state index is -0.634. The molecule has 1 fully saturated rings. The van der Waals surface area contributed by atoms with Crippen LogP contribution in [0, 0.1) is 0 Å². The van der Waals surface area contributed by atoms with Gasteiger partial charge in [-0.1, -0.05) is 17.3 Å². The van der Waals surface area contributed by atoms with Crippen LogP contribution >= 0.6 is 11.8 Å². The molecule has 2 aromatic heterocycles. The summed E-state index contributed by atoms with van der Waals surface area (Å²) in [5.41, 5.74) is 1.28. The number of nitrogens with zero attached hydrogens (tertiary/aromatic N) is 5. The number of hydrogen-bond acceptors (Lipinski definition) is 8. The Kier molecular flexibility index (Phi) is 4.51. The van der Waals surface area contributed by atoms with Crippen LogP contribution in [0.1, 0.15) is 21.8 Å². The van der Waals surface area contributed by atoms with Crippen molar-refractivity contribution in [2.45, 2.75) is 13.2 Å². The van der Waals surface area contributed by atoms with Crippen LogP contribution in [0.25, 0.3) is 6.08 Å². The molecule has 5 rings (SSSR count). The molecular weight excluding hydrogens is 422 g/mol. The van der Waals surface area contributed by atoms with Gasteiger partial charge in [0.15, 0.2) is 0 Å². The van der Waals surface area contributed by atoms with Crippen molar-refractivity contribution in [2.24, 2.45) is 0 Å². The Labute approximate surface area is 179 Å². The van der Waals surface area contributed by atoms with Crippen molar-refractivity contribution in [2.75, 3.05) is 4.90 Å². The molecule has 2 aliphatic heterocycles. The molecule has 0 bridgehead atoms. The first-order valence-electron chi connectivity index (χ1n) is 9.14. The highest BCUT2D eigenvalue weighted by Gasteiger charge is 2.37. The Morgan fingerprint density at radius 3 is 2.65 bits per heavy atom. The number of ketones is 1. The fraction of sp³-hybridized carbons (Fsp3) is 0.100. The lowest BCUT2D eigenvalue weighted by atomic mass is 10.1. The number of benzene rings is 1. The van der Waals surface area contributed by atoms with E-state index in [2.05, 4.69) is 10.3 Å². The number of amides is 3. The molecular formula is C20H13N5O5S. The molecule has 1 aromatic carbocycles. The number of imide groups is 1. The van der Waals surface area contributed by atoms with Crippen molar-refractivity contribution in [1.29, 1.82) is 0 Å². The topological polar surface area (TPSA) is 119 Å². The molecule has 154 valence electrons. The summed E-state index contributed by atoms with van der Waals surface area (Å²) in [7, 11) is 0. The average molecular weight is 435 g/mol.